The summed E-state index contributed by atoms with van der Waals surface area (Å²) in [7, 11) is 0. The molecule has 2 nitrogen and oxygen atoms in total. The lowest BCUT2D eigenvalue weighted by Crippen LogP contribution is -2.21. The first-order chi connectivity index (χ1) is 6.54. The molecular formula is C12H19NO. The molecule has 0 fully saturated rings. The molecule has 0 saturated heterocycles. The largest absolute Gasteiger partial charge is 0.390 e. The highest BCUT2D eigenvalue weighted by atomic mass is 16.3. The third kappa shape index (κ3) is 2.18. The van der Waals surface area contributed by atoms with E-state index in [4.69, 9.17) is 0 Å². The van der Waals surface area contributed by atoms with Gasteiger partial charge in [0, 0.05) is 17.8 Å². The van der Waals surface area contributed by atoms with Gasteiger partial charge in [0.05, 0.1) is 5.60 Å². The Bertz CT molecular complexity index is 296. The normalized spacial score (nSPS) is 16.8. The van der Waals surface area contributed by atoms with Crippen LogP contribution in [0.3, 0.4) is 0 Å². The first-order valence-corrected chi connectivity index (χ1v) is 5.47. The number of aromatic nitrogens is 1. The molecule has 0 spiro atoms. The number of aliphatic hydroxyl groups is 1. The summed E-state index contributed by atoms with van der Waals surface area (Å²) in [5, 5.41) is 9.71. The first kappa shape index (κ1) is 9.78. The van der Waals surface area contributed by atoms with Crippen molar-refractivity contribution in [3.63, 3.8) is 0 Å². The molecule has 1 aliphatic carbocycles. The van der Waals surface area contributed by atoms with Crippen LogP contribution in [0.25, 0.3) is 0 Å². The molecule has 2 heteroatoms. The Morgan fingerprint density at radius 3 is 2.71 bits per heavy atom. The fraction of sp³-hybridized carbons (Fsp3) is 0.667. The van der Waals surface area contributed by atoms with E-state index in [9.17, 15) is 5.11 Å². The SMILES string of the molecule is CC(C)(O)Cc1cc2c([nH]1)CCCC2. The van der Waals surface area contributed by atoms with Crippen molar-refractivity contribution in [2.24, 2.45) is 0 Å². The van der Waals surface area contributed by atoms with Crippen molar-refractivity contribution in [1.29, 1.82) is 0 Å². The van der Waals surface area contributed by atoms with Gasteiger partial charge in [0.1, 0.15) is 0 Å². The summed E-state index contributed by atoms with van der Waals surface area (Å²) >= 11 is 0. The molecule has 0 atom stereocenters. The minimum absolute atomic E-state index is 0.604. The molecule has 0 unspecified atom stereocenters. The van der Waals surface area contributed by atoms with E-state index in [1.807, 2.05) is 13.8 Å². The van der Waals surface area contributed by atoms with Gasteiger partial charge < -0.3 is 10.1 Å². The number of hydrogen-bond donors (Lipinski definition) is 2. The number of nitrogens with one attached hydrogen (secondary N) is 1. The van der Waals surface area contributed by atoms with Crippen LogP contribution in [0.5, 0.6) is 0 Å². The molecule has 1 aromatic rings. The van der Waals surface area contributed by atoms with Crippen molar-refractivity contribution >= 4 is 0 Å². The number of aromatic amines is 1. The zero-order valence-corrected chi connectivity index (χ0v) is 9.06. The van der Waals surface area contributed by atoms with Crippen molar-refractivity contribution in [3.8, 4) is 0 Å². The molecule has 1 aliphatic rings. The van der Waals surface area contributed by atoms with Gasteiger partial charge in [-0.2, -0.15) is 0 Å². The molecule has 0 radical (unpaired) electrons. The number of H-pyrrole nitrogens is 1. The van der Waals surface area contributed by atoms with E-state index < -0.39 is 5.60 Å². The predicted octanol–water partition coefficient (Wildman–Crippen LogP) is 2.21. The fourth-order valence-electron chi connectivity index (χ4n) is 2.23. The Labute approximate surface area is 85.3 Å². The zero-order valence-electron chi connectivity index (χ0n) is 9.06. The molecule has 0 amide bonds. The third-order valence-corrected chi connectivity index (χ3v) is 2.79. The Kier molecular flexibility index (Phi) is 2.40. The maximum atomic E-state index is 9.71. The monoisotopic (exact) mass is 193 g/mol. The van der Waals surface area contributed by atoms with Gasteiger partial charge in [-0.1, -0.05) is 0 Å². The molecule has 0 aromatic carbocycles. The Morgan fingerprint density at radius 1 is 1.36 bits per heavy atom. The summed E-state index contributed by atoms with van der Waals surface area (Å²) < 4.78 is 0. The van der Waals surface area contributed by atoms with Crippen LogP contribution < -0.4 is 0 Å². The lowest BCUT2D eigenvalue weighted by Gasteiger charge is -2.15. The van der Waals surface area contributed by atoms with Crippen LogP contribution in [0, 0.1) is 0 Å². The quantitative estimate of drug-likeness (QED) is 0.742. The minimum atomic E-state index is -0.604. The highest BCUT2D eigenvalue weighted by Crippen LogP contribution is 2.23. The summed E-state index contributed by atoms with van der Waals surface area (Å²) in [5.74, 6) is 0. The van der Waals surface area contributed by atoms with E-state index in [1.165, 1.54) is 42.6 Å². The van der Waals surface area contributed by atoms with Gasteiger partial charge in [-0.15, -0.1) is 0 Å². The second-order valence-corrected chi connectivity index (χ2v) is 4.99. The average molecular weight is 193 g/mol. The van der Waals surface area contributed by atoms with E-state index in [2.05, 4.69) is 11.1 Å². The maximum absolute atomic E-state index is 9.71. The first-order valence-electron chi connectivity index (χ1n) is 5.47. The van der Waals surface area contributed by atoms with Crippen LogP contribution in [0.2, 0.25) is 0 Å². The zero-order chi connectivity index (χ0) is 10.2. The fourth-order valence-corrected chi connectivity index (χ4v) is 2.23. The highest BCUT2D eigenvalue weighted by Gasteiger charge is 2.18. The van der Waals surface area contributed by atoms with E-state index in [1.54, 1.807) is 0 Å². The van der Waals surface area contributed by atoms with Gasteiger partial charge in [0.15, 0.2) is 0 Å². The van der Waals surface area contributed by atoms with Crippen LogP contribution in [0.15, 0.2) is 6.07 Å². The average Bonchev–Trinajstić information content (AvgIpc) is 2.42. The number of hydrogen-bond acceptors (Lipinski definition) is 1. The van der Waals surface area contributed by atoms with E-state index >= 15 is 0 Å². The van der Waals surface area contributed by atoms with Gasteiger partial charge in [-0.25, -0.2) is 0 Å². The lowest BCUT2D eigenvalue weighted by molar-refractivity contribution is 0.0800. The Hall–Kier alpha value is -0.760. The smallest absolute Gasteiger partial charge is 0.0646 e. The summed E-state index contributed by atoms with van der Waals surface area (Å²) in [6.07, 6.45) is 5.72. The van der Waals surface area contributed by atoms with Gasteiger partial charge in [-0.3, -0.25) is 0 Å². The van der Waals surface area contributed by atoms with Crippen molar-refractivity contribution in [2.75, 3.05) is 0 Å². The number of aryl methyl sites for hydroxylation is 2. The topological polar surface area (TPSA) is 36.0 Å². The van der Waals surface area contributed by atoms with Crippen molar-refractivity contribution < 1.29 is 5.11 Å². The predicted molar refractivity (Wildman–Crippen MR) is 57.4 cm³/mol. The van der Waals surface area contributed by atoms with Gasteiger partial charge >= 0.3 is 0 Å². The molecule has 1 heterocycles. The van der Waals surface area contributed by atoms with Gasteiger partial charge in [-0.05, 0) is 51.2 Å². The van der Waals surface area contributed by atoms with Crippen LogP contribution in [-0.2, 0) is 19.3 Å². The lowest BCUT2D eigenvalue weighted by atomic mass is 9.97. The summed E-state index contributed by atoms with van der Waals surface area (Å²) in [6, 6.07) is 2.23. The number of fused-ring (bicyclic) bond motifs is 1. The number of rotatable bonds is 2. The second-order valence-electron chi connectivity index (χ2n) is 4.99. The van der Waals surface area contributed by atoms with Gasteiger partial charge in [0.25, 0.3) is 0 Å². The van der Waals surface area contributed by atoms with Crippen LogP contribution >= 0.6 is 0 Å². The van der Waals surface area contributed by atoms with Gasteiger partial charge in [0.2, 0.25) is 0 Å². The van der Waals surface area contributed by atoms with Crippen molar-refractivity contribution in [3.05, 3.63) is 23.0 Å². The highest BCUT2D eigenvalue weighted by molar-refractivity contribution is 5.28. The Balaban J connectivity index is 2.16. The van der Waals surface area contributed by atoms with Crippen molar-refractivity contribution in [1.82, 2.24) is 4.98 Å². The standard InChI is InChI=1S/C12H19NO/c1-12(2,14)8-10-7-9-5-3-4-6-11(9)13-10/h7,13-14H,3-6,8H2,1-2H3. The molecular weight excluding hydrogens is 174 g/mol. The summed E-state index contributed by atoms with van der Waals surface area (Å²) in [6.45, 7) is 3.71. The third-order valence-electron chi connectivity index (χ3n) is 2.79. The van der Waals surface area contributed by atoms with Crippen LogP contribution in [-0.4, -0.2) is 15.7 Å². The Morgan fingerprint density at radius 2 is 2.07 bits per heavy atom. The molecule has 14 heavy (non-hydrogen) atoms. The molecule has 2 N–H and O–H groups in total. The van der Waals surface area contributed by atoms with Crippen molar-refractivity contribution in [2.45, 2.75) is 51.6 Å². The minimum Gasteiger partial charge on any atom is -0.390 e. The summed E-state index contributed by atoms with van der Waals surface area (Å²) in [5.41, 5.74) is 3.45. The maximum Gasteiger partial charge on any atom is 0.0646 e. The molecule has 0 aliphatic heterocycles. The molecule has 0 saturated carbocycles. The second kappa shape index (κ2) is 3.43. The van der Waals surface area contributed by atoms with E-state index in [-0.39, 0.29) is 0 Å². The molecule has 2 rings (SSSR count). The van der Waals surface area contributed by atoms with E-state index in [0.29, 0.717) is 0 Å². The molecule has 1 aromatic heterocycles. The van der Waals surface area contributed by atoms with E-state index in [0.717, 1.165) is 6.42 Å². The summed E-state index contributed by atoms with van der Waals surface area (Å²) in [4.78, 5) is 3.43. The van der Waals surface area contributed by atoms with Crippen LogP contribution in [0.4, 0.5) is 0 Å². The molecule has 78 valence electrons. The van der Waals surface area contributed by atoms with Crippen LogP contribution in [0.1, 0.15) is 43.6 Å². The molecule has 0 bridgehead atoms.